The number of carbonyl (C=O) groups excluding carboxylic acids is 1. The molecule has 2 heterocycles. The highest BCUT2D eigenvalue weighted by atomic mass is 35.5. The average molecular weight is 387 g/mol. The van der Waals surface area contributed by atoms with E-state index in [1.807, 2.05) is 0 Å². The minimum Gasteiger partial charge on any atom is -0.484 e. The number of halogens is 4. The van der Waals surface area contributed by atoms with Crippen LogP contribution in [-0.2, 0) is 11.0 Å². The number of carbonyl (C=O) groups is 1. The van der Waals surface area contributed by atoms with Gasteiger partial charge < -0.3 is 14.4 Å². The molecule has 0 spiro atoms. The molecule has 0 saturated carbocycles. The van der Waals surface area contributed by atoms with Gasteiger partial charge in [-0.15, -0.1) is 0 Å². The molecule has 138 valence electrons. The lowest BCUT2D eigenvalue weighted by Gasteiger charge is -2.38. The third-order valence-electron chi connectivity index (χ3n) is 3.73. The van der Waals surface area contributed by atoms with Crippen molar-refractivity contribution in [3.8, 4) is 11.6 Å². The highest BCUT2D eigenvalue weighted by Gasteiger charge is 2.38. The van der Waals surface area contributed by atoms with Crippen LogP contribution in [0.25, 0.3) is 0 Å². The summed E-state index contributed by atoms with van der Waals surface area (Å²) in [4.78, 5) is 17.1. The SMILES string of the molecule is O=C(COc1ccc(Cl)cc1)N1CC(Oc2ncccc2C(F)(F)F)C1. The lowest BCUT2D eigenvalue weighted by Crippen LogP contribution is -2.57. The topological polar surface area (TPSA) is 51.7 Å². The third-order valence-corrected chi connectivity index (χ3v) is 3.98. The van der Waals surface area contributed by atoms with Gasteiger partial charge in [0.2, 0.25) is 5.88 Å². The number of pyridine rings is 1. The van der Waals surface area contributed by atoms with Crippen molar-refractivity contribution in [1.82, 2.24) is 9.88 Å². The minimum absolute atomic E-state index is 0.175. The predicted octanol–water partition coefficient (Wildman–Crippen LogP) is 3.42. The highest BCUT2D eigenvalue weighted by Crippen LogP contribution is 2.35. The number of aromatic nitrogens is 1. The number of rotatable bonds is 5. The van der Waals surface area contributed by atoms with Crippen LogP contribution < -0.4 is 9.47 Å². The van der Waals surface area contributed by atoms with E-state index in [1.165, 1.54) is 17.2 Å². The summed E-state index contributed by atoms with van der Waals surface area (Å²) in [6.07, 6.45) is -3.85. The summed E-state index contributed by atoms with van der Waals surface area (Å²) >= 11 is 5.76. The van der Waals surface area contributed by atoms with E-state index in [0.717, 1.165) is 6.07 Å². The Hall–Kier alpha value is -2.48. The Bertz CT molecular complexity index is 778. The van der Waals surface area contributed by atoms with Crippen LogP contribution >= 0.6 is 11.6 Å². The molecular formula is C17H14ClF3N2O3. The molecule has 1 aromatic carbocycles. The second kappa shape index (κ2) is 7.41. The molecule has 0 unspecified atom stereocenters. The maximum absolute atomic E-state index is 12.9. The zero-order valence-electron chi connectivity index (χ0n) is 13.4. The number of hydrogen-bond acceptors (Lipinski definition) is 4. The van der Waals surface area contributed by atoms with Gasteiger partial charge in [-0.2, -0.15) is 13.2 Å². The molecule has 1 saturated heterocycles. The molecule has 0 N–H and O–H groups in total. The first-order valence-corrected chi connectivity index (χ1v) is 8.06. The van der Waals surface area contributed by atoms with E-state index in [2.05, 4.69) is 4.98 Å². The van der Waals surface area contributed by atoms with Gasteiger partial charge in [0, 0.05) is 11.2 Å². The summed E-state index contributed by atoms with van der Waals surface area (Å²) in [7, 11) is 0. The summed E-state index contributed by atoms with van der Waals surface area (Å²) in [5.74, 6) is -0.259. The standard InChI is InChI=1S/C17H14ClF3N2O3/c18-11-3-5-12(6-4-11)25-10-15(24)23-8-13(9-23)26-16-14(17(19,20)21)2-1-7-22-16/h1-7,13H,8-10H2. The van der Waals surface area contributed by atoms with Gasteiger partial charge in [-0.25, -0.2) is 4.98 Å². The number of nitrogens with zero attached hydrogens (tertiary/aromatic N) is 2. The van der Waals surface area contributed by atoms with E-state index >= 15 is 0 Å². The average Bonchev–Trinajstić information content (AvgIpc) is 2.56. The van der Waals surface area contributed by atoms with Gasteiger partial charge in [0.15, 0.2) is 6.61 Å². The molecule has 5 nitrogen and oxygen atoms in total. The Kier molecular flexibility index (Phi) is 5.22. The first-order chi connectivity index (χ1) is 12.3. The molecule has 1 aliphatic rings. The Labute approximate surface area is 152 Å². The van der Waals surface area contributed by atoms with Crippen molar-refractivity contribution in [2.75, 3.05) is 19.7 Å². The van der Waals surface area contributed by atoms with Crippen molar-refractivity contribution in [3.05, 3.63) is 53.2 Å². The van der Waals surface area contributed by atoms with Crippen LogP contribution in [0.4, 0.5) is 13.2 Å². The van der Waals surface area contributed by atoms with Crippen LogP contribution in [0.15, 0.2) is 42.6 Å². The van der Waals surface area contributed by atoms with Gasteiger partial charge >= 0.3 is 6.18 Å². The summed E-state index contributed by atoms with van der Waals surface area (Å²) < 4.78 is 49.3. The van der Waals surface area contributed by atoms with Gasteiger partial charge in [-0.05, 0) is 36.4 Å². The molecule has 1 amide bonds. The molecule has 0 atom stereocenters. The first-order valence-electron chi connectivity index (χ1n) is 7.68. The van der Waals surface area contributed by atoms with Crippen LogP contribution in [0, 0.1) is 0 Å². The summed E-state index contributed by atoms with van der Waals surface area (Å²) in [5.41, 5.74) is -0.934. The van der Waals surface area contributed by atoms with E-state index in [9.17, 15) is 18.0 Å². The molecule has 0 bridgehead atoms. The number of benzene rings is 1. The van der Waals surface area contributed by atoms with Crippen molar-refractivity contribution >= 4 is 17.5 Å². The van der Waals surface area contributed by atoms with Crippen LogP contribution in [0.1, 0.15) is 5.56 Å². The number of ether oxygens (including phenoxy) is 2. The van der Waals surface area contributed by atoms with Gasteiger partial charge in [0.05, 0.1) is 13.1 Å². The number of hydrogen-bond donors (Lipinski definition) is 0. The predicted molar refractivity (Wildman–Crippen MR) is 87.2 cm³/mol. The fraction of sp³-hybridized carbons (Fsp3) is 0.294. The van der Waals surface area contributed by atoms with Crippen LogP contribution in [0.3, 0.4) is 0 Å². The van der Waals surface area contributed by atoms with Crippen molar-refractivity contribution in [3.63, 3.8) is 0 Å². The van der Waals surface area contributed by atoms with Crippen LogP contribution in [0.5, 0.6) is 11.6 Å². The molecule has 3 rings (SSSR count). The Morgan fingerprint density at radius 2 is 1.92 bits per heavy atom. The van der Waals surface area contributed by atoms with Crippen LogP contribution in [-0.4, -0.2) is 41.6 Å². The molecule has 1 aliphatic heterocycles. The molecular weight excluding hydrogens is 373 g/mol. The lowest BCUT2D eigenvalue weighted by atomic mass is 10.1. The molecule has 2 aromatic rings. The largest absolute Gasteiger partial charge is 0.484 e. The Morgan fingerprint density at radius 1 is 1.23 bits per heavy atom. The van der Waals surface area contributed by atoms with Crippen LogP contribution in [0.2, 0.25) is 5.02 Å². The summed E-state index contributed by atoms with van der Waals surface area (Å²) in [5, 5.41) is 0.555. The van der Waals surface area contributed by atoms with E-state index in [4.69, 9.17) is 21.1 Å². The second-order valence-corrected chi connectivity index (χ2v) is 6.07. The molecule has 26 heavy (non-hydrogen) atoms. The monoisotopic (exact) mass is 386 g/mol. The highest BCUT2D eigenvalue weighted by molar-refractivity contribution is 6.30. The zero-order chi connectivity index (χ0) is 18.7. The molecule has 1 fully saturated rings. The number of alkyl halides is 3. The normalized spacial score (nSPS) is 14.7. The number of amides is 1. The second-order valence-electron chi connectivity index (χ2n) is 5.64. The third kappa shape index (κ3) is 4.37. The molecule has 9 heteroatoms. The Morgan fingerprint density at radius 3 is 2.58 bits per heavy atom. The van der Waals surface area contributed by atoms with Gasteiger partial charge in [0.25, 0.3) is 5.91 Å². The van der Waals surface area contributed by atoms with Crippen molar-refractivity contribution in [1.29, 1.82) is 0 Å². The lowest BCUT2D eigenvalue weighted by molar-refractivity contribution is -0.146. The van der Waals surface area contributed by atoms with Gasteiger partial charge in [0.1, 0.15) is 17.4 Å². The van der Waals surface area contributed by atoms with Gasteiger partial charge in [-0.3, -0.25) is 4.79 Å². The van der Waals surface area contributed by atoms with Gasteiger partial charge in [-0.1, -0.05) is 11.6 Å². The van der Waals surface area contributed by atoms with E-state index in [1.54, 1.807) is 24.3 Å². The molecule has 0 aliphatic carbocycles. The smallest absolute Gasteiger partial charge is 0.421 e. The van der Waals surface area contributed by atoms with Crippen molar-refractivity contribution in [2.24, 2.45) is 0 Å². The van der Waals surface area contributed by atoms with E-state index in [-0.39, 0.29) is 25.6 Å². The maximum atomic E-state index is 12.9. The number of likely N-dealkylation sites (tertiary alicyclic amines) is 1. The summed E-state index contributed by atoms with van der Waals surface area (Å²) in [6.45, 7) is 0.180. The zero-order valence-corrected chi connectivity index (χ0v) is 14.1. The van der Waals surface area contributed by atoms with E-state index in [0.29, 0.717) is 10.8 Å². The maximum Gasteiger partial charge on any atom is 0.421 e. The summed E-state index contributed by atoms with van der Waals surface area (Å²) in [6, 6.07) is 8.65. The van der Waals surface area contributed by atoms with Crippen molar-refractivity contribution in [2.45, 2.75) is 12.3 Å². The fourth-order valence-corrected chi connectivity index (χ4v) is 2.47. The minimum atomic E-state index is -4.55. The molecule has 0 radical (unpaired) electrons. The Balaban J connectivity index is 1.48. The van der Waals surface area contributed by atoms with E-state index < -0.39 is 23.7 Å². The van der Waals surface area contributed by atoms with Crippen molar-refractivity contribution < 1.29 is 27.4 Å². The fourth-order valence-electron chi connectivity index (χ4n) is 2.34. The molecule has 1 aromatic heterocycles. The quantitative estimate of drug-likeness (QED) is 0.790. The first kappa shape index (κ1) is 18.3.